The smallest absolute Gasteiger partial charge is 0.254 e. The molecule has 0 unspecified atom stereocenters. The standard InChI is InChI=1S/C20H22N4OS/c21-15-9-11-24(12-10-15)19(25)16-6-2-1-5-14(16)13-26-20-22-17-7-3-4-8-18(17)23-20/h1-8,15H,9-13,21H2,(H,22,23). The van der Waals surface area contributed by atoms with Gasteiger partial charge in [0.25, 0.3) is 5.91 Å². The summed E-state index contributed by atoms with van der Waals surface area (Å²) in [4.78, 5) is 22.8. The van der Waals surface area contributed by atoms with Crippen LogP contribution in [0.2, 0.25) is 0 Å². The van der Waals surface area contributed by atoms with Gasteiger partial charge in [-0.05, 0) is 36.6 Å². The van der Waals surface area contributed by atoms with Crippen LogP contribution in [-0.4, -0.2) is 39.9 Å². The fraction of sp³-hybridized carbons (Fsp3) is 0.300. The van der Waals surface area contributed by atoms with Crippen molar-refractivity contribution in [2.45, 2.75) is 29.8 Å². The molecule has 6 heteroatoms. The maximum atomic E-state index is 12.9. The number of nitrogens with one attached hydrogen (secondary N) is 1. The van der Waals surface area contributed by atoms with Gasteiger partial charge < -0.3 is 15.6 Å². The molecule has 4 rings (SSSR count). The molecular formula is C20H22N4OS. The van der Waals surface area contributed by atoms with Crippen molar-refractivity contribution >= 4 is 28.7 Å². The van der Waals surface area contributed by atoms with E-state index in [-0.39, 0.29) is 11.9 Å². The summed E-state index contributed by atoms with van der Waals surface area (Å²) in [5, 5.41) is 0.873. The van der Waals surface area contributed by atoms with E-state index in [1.165, 1.54) is 0 Å². The predicted octanol–water partition coefficient (Wildman–Crippen LogP) is 3.42. The number of nitrogens with zero attached hydrogens (tertiary/aromatic N) is 2. The lowest BCUT2D eigenvalue weighted by Crippen LogP contribution is -2.43. The van der Waals surface area contributed by atoms with Gasteiger partial charge in [-0.25, -0.2) is 4.98 Å². The van der Waals surface area contributed by atoms with E-state index >= 15 is 0 Å². The number of piperidine rings is 1. The predicted molar refractivity (Wildman–Crippen MR) is 105 cm³/mol. The first-order valence-electron chi connectivity index (χ1n) is 8.91. The van der Waals surface area contributed by atoms with Crippen LogP contribution in [0.3, 0.4) is 0 Å². The van der Waals surface area contributed by atoms with Gasteiger partial charge in [-0.3, -0.25) is 4.79 Å². The third-order valence-electron chi connectivity index (χ3n) is 4.81. The number of nitrogens with two attached hydrogens (primary N) is 1. The summed E-state index contributed by atoms with van der Waals surface area (Å²) in [6, 6.07) is 16.1. The highest BCUT2D eigenvalue weighted by Crippen LogP contribution is 2.25. The molecule has 0 spiro atoms. The number of carbonyl (C=O) groups is 1. The molecule has 134 valence electrons. The summed E-state index contributed by atoms with van der Waals surface area (Å²) in [6.07, 6.45) is 1.75. The molecule has 0 bridgehead atoms. The molecule has 1 aromatic heterocycles. The molecule has 0 radical (unpaired) electrons. The maximum absolute atomic E-state index is 12.9. The number of amides is 1. The number of hydrogen-bond acceptors (Lipinski definition) is 4. The van der Waals surface area contributed by atoms with Crippen LogP contribution in [0.15, 0.2) is 53.7 Å². The molecule has 1 aliphatic heterocycles. The summed E-state index contributed by atoms with van der Waals surface area (Å²) in [6.45, 7) is 1.48. The van der Waals surface area contributed by atoms with Gasteiger partial charge in [-0.1, -0.05) is 42.1 Å². The summed E-state index contributed by atoms with van der Waals surface area (Å²) in [5.74, 6) is 0.812. The number of likely N-dealkylation sites (tertiary alicyclic amines) is 1. The van der Waals surface area contributed by atoms with Gasteiger partial charge in [0.2, 0.25) is 0 Å². The SMILES string of the molecule is NC1CCN(C(=O)c2ccccc2CSc2nc3ccccc3[nH]2)CC1. The molecular weight excluding hydrogens is 344 g/mol. The van der Waals surface area contributed by atoms with E-state index in [2.05, 4.69) is 9.97 Å². The molecule has 2 aromatic carbocycles. The van der Waals surface area contributed by atoms with E-state index in [1.807, 2.05) is 53.4 Å². The first-order chi connectivity index (χ1) is 12.7. The molecule has 1 saturated heterocycles. The number of fused-ring (bicyclic) bond motifs is 1. The average molecular weight is 366 g/mol. The van der Waals surface area contributed by atoms with Crippen molar-refractivity contribution in [3.8, 4) is 0 Å². The van der Waals surface area contributed by atoms with Gasteiger partial charge in [0.15, 0.2) is 5.16 Å². The minimum atomic E-state index is 0.109. The lowest BCUT2D eigenvalue weighted by Gasteiger charge is -2.30. The molecule has 0 atom stereocenters. The zero-order valence-corrected chi connectivity index (χ0v) is 15.3. The number of benzene rings is 2. The third-order valence-corrected chi connectivity index (χ3v) is 5.73. The van der Waals surface area contributed by atoms with E-state index in [0.29, 0.717) is 5.75 Å². The zero-order chi connectivity index (χ0) is 17.9. The van der Waals surface area contributed by atoms with Crippen LogP contribution >= 0.6 is 11.8 Å². The highest BCUT2D eigenvalue weighted by molar-refractivity contribution is 7.98. The Balaban J connectivity index is 1.49. The number of carbonyl (C=O) groups excluding carboxylic acids is 1. The number of thioether (sulfide) groups is 1. The molecule has 3 N–H and O–H groups in total. The molecule has 5 nitrogen and oxygen atoms in total. The largest absolute Gasteiger partial charge is 0.339 e. The minimum absolute atomic E-state index is 0.109. The molecule has 0 saturated carbocycles. The van der Waals surface area contributed by atoms with Crippen LogP contribution in [0.1, 0.15) is 28.8 Å². The van der Waals surface area contributed by atoms with E-state index in [1.54, 1.807) is 11.8 Å². The van der Waals surface area contributed by atoms with Gasteiger partial charge in [0, 0.05) is 30.4 Å². The Morgan fingerprint density at radius 3 is 2.69 bits per heavy atom. The van der Waals surface area contributed by atoms with Crippen LogP contribution in [0, 0.1) is 0 Å². The van der Waals surface area contributed by atoms with Crippen LogP contribution < -0.4 is 5.73 Å². The van der Waals surface area contributed by atoms with Gasteiger partial charge in [0.05, 0.1) is 11.0 Å². The van der Waals surface area contributed by atoms with Crippen molar-refractivity contribution in [3.63, 3.8) is 0 Å². The normalized spacial score (nSPS) is 15.5. The molecule has 2 heterocycles. The number of hydrogen-bond donors (Lipinski definition) is 2. The number of aromatic amines is 1. The number of para-hydroxylation sites is 2. The highest BCUT2D eigenvalue weighted by atomic mass is 32.2. The quantitative estimate of drug-likeness (QED) is 0.694. The highest BCUT2D eigenvalue weighted by Gasteiger charge is 2.23. The van der Waals surface area contributed by atoms with Gasteiger partial charge in [-0.15, -0.1) is 0 Å². The van der Waals surface area contributed by atoms with Gasteiger partial charge in [-0.2, -0.15) is 0 Å². The average Bonchev–Trinajstić information content (AvgIpc) is 3.10. The number of imidazole rings is 1. The Morgan fingerprint density at radius 1 is 1.15 bits per heavy atom. The van der Waals surface area contributed by atoms with Crippen LogP contribution in [0.5, 0.6) is 0 Å². The second-order valence-electron chi connectivity index (χ2n) is 6.63. The van der Waals surface area contributed by atoms with Gasteiger partial charge >= 0.3 is 0 Å². The molecule has 1 aliphatic rings. The number of aromatic nitrogens is 2. The summed E-state index contributed by atoms with van der Waals surface area (Å²) < 4.78 is 0. The van der Waals surface area contributed by atoms with E-state index in [9.17, 15) is 4.79 Å². The molecule has 0 aliphatic carbocycles. The van der Waals surface area contributed by atoms with Crippen LogP contribution in [0.25, 0.3) is 11.0 Å². The van der Waals surface area contributed by atoms with E-state index < -0.39 is 0 Å². The summed E-state index contributed by atoms with van der Waals surface area (Å²) >= 11 is 1.62. The van der Waals surface area contributed by atoms with Crippen molar-refractivity contribution in [1.82, 2.24) is 14.9 Å². The Labute approximate surface area is 157 Å². The van der Waals surface area contributed by atoms with E-state index in [4.69, 9.17) is 5.73 Å². The Bertz CT molecular complexity index is 882. The molecule has 3 aromatic rings. The minimum Gasteiger partial charge on any atom is -0.339 e. The number of rotatable bonds is 4. The Morgan fingerprint density at radius 2 is 1.88 bits per heavy atom. The first-order valence-corrected chi connectivity index (χ1v) is 9.89. The maximum Gasteiger partial charge on any atom is 0.254 e. The van der Waals surface area contributed by atoms with Gasteiger partial charge in [0.1, 0.15) is 0 Å². The number of H-pyrrole nitrogens is 1. The molecule has 1 fully saturated rings. The summed E-state index contributed by atoms with van der Waals surface area (Å²) in [7, 11) is 0. The Hall–Kier alpha value is -2.31. The lowest BCUT2D eigenvalue weighted by atomic mass is 10.0. The second-order valence-corrected chi connectivity index (χ2v) is 7.60. The van der Waals surface area contributed by atoms with Crippen molar-refractivity contribution in [3.05, 3.63) is 59.7 Å². The van der Waals surface area contributed by atoms with Crippen molar-refractivity contribution in [2.24, 2.45) is 5.73 Å². The molecule has 1 amide bonds. The van der Waals surface area contributed by atoms with Crippen LogP contribution in [-0.2, 0) is 5.75 Å². The van der Waals surface area contributed by atoms with E-state index in [0.717, 1.165) is 53.2 Å². The fourth-order valence-corrected chi connectivity index (χ4v) is 4.16. The third kappa shape index (κ3) is 3.61. The monoisotopic (exact) mass is 366 g/mol. The fourth-order valence-electron chi connectivity index (χ4n) is 3.27. The molecule has 26 heavy (non-hydrogen) atoms. The van der Waals surface area contributed by atoms with Crippen molar-refractivity contribution in [1.29, 1.82) is 0 Å². The Kier molecular flexibility index (Phi) is 4.95. The van der Waals surface area contributed by atoms with Crippen molar-refractivity contribution < 1.29 is 4.79 Å². The van der Waals surface area contributed by atoms with Crippen molar-refractivity contribution in [2.75, 3.05) is 13.1 Å². The zero-order valence-electron chi connectivity index (χ0n) is 14.5. The lowest BCUT2D eigenvalue weighted by molar-refractivity contribution is 0.0714. The van der Waals surface area contributed by atoms with Crippen LogP contribution in [0.4, 0.5) is 0 Å². The second kappa shape index (κ2) is 7.51. The first kappa shape index (κ1) is 17.1. The topological polar surface area (TPSA) is 75.0 Å². The summed E-state index contributed by atoms with van der Waals surface area (Å²) in [5.41, 5.74) is 9.78.